The Morgan fingerprint density at radius 2 is 1.53 bits per heavy atom. The summed E-state index contributed by atoms with van der Waals surface area (Å²) in [6, 6.07) is 5.37. The topological polar surface area (TPSA) is 48.1 Å². The van der Waals surface area contributed by atoms with Gasteiger partial charge in [0.1, 0.15) is 0 Å². The van der Waals surface area contributed by atoms with Crippen LogP contribution < -0.4 is 21.3 Å². The second-order valence-electron chi connectivity index (χ2n) is 3.10. The summed E-state index contributed by atoms with van der Waals surface area (Å²) in [6.45, 7) is 0. The minimum atomic E-state index is 0.505. The van der Waals surface area contributed by atoms with Crippen molar-refractivity contribution in [3.05, 3.63) is 23.2 Å². The van der Waals surface area contributed by atoms with E-state index in [2.05, 4.69) is 21.3 Å². The maximum absolute atomic E-state index is 5.93. The zero-order chi connectivity index (χ0) is 12.8. The van der Waals surface area contributed by atoms with E-state index in [4.69, 9.17) is 36.0 Å². The van der Waals surface area contributed by atoms with E-state index < -0.39 is 0 Å². The summed E-state index contributed by atoms with van der Waals surface area (Å²) in [7, 11) is 3.49. The van der Waals surface area contributed by atoms with E-state index in [1.54, 1.807) is 26.2 Å². The molecule has 0 spiro atoms. The molecule has 0 unspecified atom stereocenters. The quantitative estimate of drug-likeness (QED) is 0.626. The average molecular weight is 289 g/mol. The Morgan fingerprint density at radius 3 is 2.06 bits per heavy atom. The lowest BCUT2D eigenvalue weighted by Crippen LogP contribution is -2.27. The van der Waals surface area contributed by atoms with Crippen molar-refractivity contribution in [2.45, 2.75) is 0 Å². The van der Waals surface area contributed by atoms with Gasteiger partial charge in [0.15, 0.2) is 10.2 Å². The maximum Gasteiger partial charge on any atom is 0.170 e. The van der Waals surface area contributed by atoms with Crippen LogP contribution in [0.15, 0.2) is 18.2 Å². The first kappa shape index (κ1) is 14.0. The number of anilines is 2. The Balaban J connectivity index is 2.95. The molecule has 0 saturated carbocycles. The van der Waals surface area contributed by atoms with Crippen molar-refractivity contribution in [2.75, 3.05) is 24.7 Å². The number of thiocarbonyl (C=S) groups is 2. The average Bonchev–Trinajstić information content (AvgIpc) is 2.32. The van der Waals surface area contributed by atoms with Crippen molar-refractivity contribution >= 4 is 57.6 Å². The van der Waals surface area contributed by atoms with Crippen molar-refractivity contribution < 1.29 is 0 Å². The van der Waals surface area contributed by atoms with Gasteiger partial charge >= 0.3 is 0 Å². The fourth-order valence-corrected chi connectivity index (χ4v) is 1.49. The second kappa shape index (κ2) is 6.58. The molecule has 7 heteroatoms. The summed E-state index contributed by atoms with van der Waals surface area (Å²) in [5, 5.41) is 13.3. The lowest BCUT2D eigenvalue weighted by molar-refractivity contribution is 1.19. The maximum atomic E-state index is 5.93. The van der Waals surface area contributed by atoms with Gasteiger partial charge in [-0.25, -0.2) is 0 Å². The molecule has 92 valence electrons. The molecule has 0 saturated heterocycles. The highest BCUT2D eigenvalue weighted by molar-refractivity contribution is 7.80. The van der Waals surface area contributed by atoms with Gasteiger partial charge in [0, 0.05) is 19.1 Å². The van der Waals surface area contributed by atoms with Crippen LogP contribution >= 0.6 is 36.0 Å². The van der Waals surface area contributed by atoms with E-state index in [1.807, 2.05) is 6.07 Å². The summed E-state index contributed by atoms with van der Waals surface area (Å²) in [6.07, 6.45) is 0. The number of hydrogen-bond acceptors (Lipinski definition) is 2. The van der Waals surface area contributed by atoms with E-state index in [9.17, 15) is 0 Å². The molecule has 0 fully saturated rings. The summed E-state index contributed by atoms with van der Waals surface area (Å²) in [5.74, 6) is 0. The van der Waals surface area contributed by atoms with Crippen LogP contribution in [0.4, 0.5) is 11.4 Å². The molecular formula is C10H13ClN4S2. The number of nitrogens with one attached hydrogen (secondary N) is 4. The first-order chi connectivity index (χ1) is 8.06. The van der Waals surface area contributed by atoms with Gasteiger partial charge in [-0.3, -0.25) is 0 Å². The third-order valence-corrected chi connectivity index (χ3v) is 2.78. The Kier molecular flexibility index (Phi) is 5.40. The predicted octanol–water partition coefficient (Wildman–Crippen LogP) is 2.17. The van der Waals surface area contributed by atoms with Gasteiger partial charge in [0.2, 0.25) is 0 Å². The minimum Gasteiger partial charge on any atom is -0.366 e. The van der Waals surface area contributed by atoms with Gasteiger partial charge in [0.25, 0.3) is 0 Å². The normalized spacial score (nSPS) is 9.35. The number of hydrogen-bond donors (Lipinski definition) is 4. The molecule has 4 nitrogen and oxygen atoms in total. The standard InChI is InChI=1S/C10H13ClN4S2/c1-12-9(16)14-7-4-3-6(11)5-8(7)15-10(17)13-2/h3-5H,1-2H3,(H2,12,14,16)(H2,13,15,17). The van der Waals surface area contributed by atoms with Crippen LogP contribution in [-0.4, -0.2) is 24.3 Å². The van der Waals surface area contributed by atoms with Crippen molar-refractivity contribution in [3.63, 3.8) is 0 Å². The molecule has 1 rings (SSSR count). The van der Waals surface area contributed by atoms with Crippen LogP contribution in [0.5, 0.6) is 0 Å². The molecule has 0 atom stereocenters. The van der Waals surface area contributed by atoms with Crippen LogP contribution in [-0.2, 0) is 0 Å². The number of rotatable bonds is 2. The molecule has 0 heterocycles. The Morgan fingerprint density at radius 1 is 1.00 bits per heavy atom. The van der Waals surface area contributed by atoms with Gasteiger partial charge < -0.3 is 21.3 Å². The Labute approximate surface area is 116 Å². The molecule has 0 aliphatic rings. The Bertz CT molecular complexity index is 436. The summed E-state index contributed by atoms with van der Waals surface area (Å²) < 4.78 is 0. The monoisotopic (exact) mass is 288 g/mol. The largest absolute Gasteiger partial charge is 0.366 e. The molecule has 0 amide bonds. The van der Waals surface area contributed by atoms with Crippen LogP contribution in [0.25, 0.3) is 0 Å². The third-order valence-electron chi connectivity index (χ3n) is 1.93. The number of benzene rings is 1. The molecule has 1 aromatic rings. The minimum absolute atomic E-state index is 0.505. The molecule has 0 aromatic heterocycles. The second-order valence-corrected chi connectivity index (χ2v) is 4.35. The molecule has 0 aliphatic heterocycles. The first-order valence-electron chi connectivity index (χ1n) is 4.84. The van der Waals surface area contributed by atoms with E-state index in [0.717, 1.165) is 11.4 Å². The van der Waals surface area contributed by atoms with Gasteiger partial charge in [-0.1, -0.05) is 11.6 Å². The fourth-order valence-electron chi connectivity index (χ4n) is 1.10. The van der Waals surface area contributed by atoms with Crippen LogP contribution in [0, 0.1) is 0 Å². The summed E-state index contributed by atoms with van der Waals surface area (Å²) in [4.78, 5) is 0. The lowest BCUT2D eigenvalue weighted by atomic mass is 10.2. The van der Waals surface area contributed by atoms with Crippen LogP contribution in [0.3, 0.4) is 0 Å². The SMILES string of the molecule is CNC(=S)Nc1ccc(Cl)cc1NC(=S)NC. The molecule has 0 radical (unpaired) electrons. The van der Waals surface area contributed by atoms with Crippen LogP contribution in [0.2, 0.25) is 5.02 Å². The van der Waals surface area contributed by atoms with Crippen molar-refractivity contribution in [1.29, 1.82) is 0 Å². The summed E-state index contributed by atoms with van der Waals surface area (Å²) in [5.41, 5.74) is 1.56. The van der Waals surface area contributed by atoms with Gasteiger partial charge in [0.05, 0.1) is 11.4 Å². The van der Waals surface area contributed by atoms with E-state index >= 15 is 0 Å². The summed E-state index contributed by atoms with van der Waals surface area (Å²) >= 11 is 16.0. The van der Waals surface area contributed by atoms with E-state index in [-0.39, 0.29) is 0 Å². The number of halogens is 1. The van der Waals surface area contributed by atoms with Gasteiger partial charge in [-0.2, -0.15) is 0 Å². The highest BCUT2D eigenvalue weighted by Gasteiger charge is 2.05. The molecule has 1 aromatic carbocycles. The lowest BCUT2D eigenvalue weighted by Gasteiger charge is -2.14. The smallest absolute Gasteiger partial charge is 0.170 e. The van der Waals surface area contributed by atoms with E-state index in [1.165, 1.54) is 0 Å². The zero-order valence-electron chi connectivity index (χ0n) is 9.43. The molecule has 0 aliphatic carbocycles. The predicted molar refractivity (Wildman–Crippen MR) is 82.0 cm³/mol. The Hall–Kier alpha value is -1.11. The molecular weight excluding hydrogens is 276 g/mol. The molecule has 4 N–H and O–H groups in total. The first-order valence-corrected chi connectivity index (χ1v) is 6.03. The molecule has 0 bridgehead atoms. The molecule has 17 heavy (non-hydrogen) atoms. The van der Waals surface area contributed by atoms with Crippen molar-refractivity contribution in [3.8, 4) is 0 Å². The van der Waals surface area contributed by atoms with Gasteiger partial charge in [-0.15, -0.1) is 0 Å². The highest BCUT2D eigenvalue weighted by atomic mass is 35.5. The van der Waals surface area contributed by atoms with Crippen LogP contribution in [0.1, 0.15) is 0 Å². The van der Waals surface area contributed by atoms with Crippen molar-refractivity contribution in [1.82, 2.24) is 10.6 Å². The van der Waals surface area contributed by atoms with Crippen molar-refractivity contribution in [2.24, 2.45) is 0 Å². The fraction of sp³-hybridized carbons (Fsp3) is 0.200. The highest BCUT2D eigenvalue weighted by Crippen LogP contribution is 2.25. The third kappa shape index (κ3) is 4.33. The van der Waals surface area contributed by atoms with Gasteiger partial charge in [-0.05, 0) is 42.6 Å². The van der Waals surface area contributed by atoms with E-state index in [0.29, 0.717) is 15.2 Å². The zero-order valence-corrected chi connectivity index (χ0v) is 11.8.